The summed E-state index contributed by atoms with van der Waals surface area (Å²) in [4.78, 5) is 1.35. The maximum Gasteiger partial charge on any atom is 0.191 e. The molecule has 1 atom stereocenters. The van der Waals surface area contributed by atoms with Crippen molar-refractivity contribution in [1.82, 2.24) is 14.8 Å². The number of thiophene rings is 1. The molecule has 0 radical (unpaired) electrons. The molecule has 1 fully saturated rings. The summed E-state index contributed by atoms with van der Waals surface area (Å²) < 4.78 is 8.08. The summed E-state index contributed by atoms with van der Waals surface area (Å²) in [6, 6.07) is 7.95. The highest BCUT2D eigenvalue weighted by Crippen LogP contribution is 2.32. The Hall–Kier alpha value is -1.05. The van der Waals surface area contributed by atoms with Crippen LogP contribution in [0, 0.1) is 0 Å². The molecule has 3 aromatic rings. The molecule has 1 unspecified atom stereocenters. The number of hydrogen-bond donors (Lipinski definition) is 0. The highest BCUT2D eigenvalue weighted by Gasteiger charge is 2.22. The van der Waals surface area contributed by atoms with Crippen LogP contribution in [-0.2, 0) is 23.5 Å². The summed E-state index contributed by atoms with van der Waals surface area (Å²) in [6.07, 6.45) is 3.46. The van der Waals surface area contributed by atoms with Gasteiger partial charge in [-0.05, 0) is 43.0 Å². The lowest BCUT2D eigenvalue weighted by molar-refractivity contribution is 0.0953. The average molecular weight is 454 g/mol. The molecule has 28 heavy (non-hydrogen) atoms. The summed E-state index contributed by atoms with van der Waals surface area (Å²) in [5.74, 6) is 1.67. The first-order valence-electron chi connectivity index (χ1n) is 9.33. The molecule has 148 valence electrons. The number of hydrogen-bond acceptors (Lipinski definition) is 5. The van der Waals surface area contributed by atoms with Gasteiger partial charge < -0.3 is 4.74 Å². The van der Waals surface area contributed by atoms with Gasteiger partial charge in [-0.3, -0.25) is 4.57 Å². The molecule has 0 aliphatic carbocycles. The number of thioether (sulfide) groups is 1. The van der Waals surface area contributed by atoms with Crippen molar-refractivity contribution in [2.24, 2.45) is 0 Å². The molecule has 1 saturated heterocycles. The van der Waals surface area contributed by atoms with Crippen LogP contribution < -0.4 is 0 Å². The van der Waals surface area contributed by atoms with Crippen molar-refractivity contribution < 1.29 is 4.74 Å². The molecular formula is C20H21Cl2N3OS2. The van der Waals surface area contributed by atoms with E-state index in [4.69, 9.17) is 27.9 Å². The van der Waals surface area contributed by atoms with Gasteiger partial charge >= 0.3 is 0 Å². The van der Waals surface area contributed by atoms with E-state index in [9.17, 15) is 0 Å². The van der Waals surface area contributed by atoms with E-state index in [1.165, 1.54) is 4.88 Å². The standard InChI is InChI=1S/C20H21Cl2N3OS2/c1-2-16-9-14(12-27-16)19-23-24-20(25(19)10-15-4-3-7-26-15)28-11-13-5-6-17(21)18(22)8-13/h5-6,8-9,12,15H,2-4,7,10-11H2,1H3. The zero-order chi connectivity index (χ0) is 19.5. The Kier molecular flexibility index (Phi) is 6.63. The second-order valence-corrected chi connectivity index (χ2v) is 9.50. The van der Waals surface area contributed by atoms with Crippen molar-refractivity contribution in [2.75, 3.05) is 6.61 Å². The normalized spacial score (nSPS) is 16.8. The van der Waals surface area contributed by atoms with Gasteiger partial charge in [0.1, 0.15) is 0 Å². The molecule has 0 saturated carbocycles. The number of aromatic nitrogens is 3. The van der Waals surface area contributed by atoms with E-state index in [1.807, 2.05) is 18.2 Å². The lowest BCUT2D eigenvalue weighted by atomic mass is 10.2. The highest BCUT2D eigenvalue weighted by atomic mass is 35.5. The van der Waals surface area contributed by atoms with Crippen LogP contribution in [0.5, 0.6) is 0 Å². The topological polar surface area (TPSA) is 39.9 Å². The Morgan fingerprint density at radius 2 is 2.14 bits per heavy atom. The zero-order valence-electron chi connectivity index (χ0n) is 15.5. The third-order valence-corrected chi connectivity index (χ3v) is 7.60. The van der Waals surface area contributed by atoms with Gasteiger partial charge in [-0.15, -0.1) is 21.5 Å². The Labute approximate surface area is 183 Å². The van der Waals surface area contributed by atoms with Crippen LogP contribution in [-0.4, -0.2) is 27.5 Å². The molecule has 4 rings (SSSR count). The van der Waals surface area contributed by atoms with Crippen LogP contribution in [0.2, 0.25) is 10.0 Å². The van der Waals surface area contributed by atoms with Gasteiger partial charge in [0.25, 0.3) is 0 Å². The number of benzene rings is 1. The quantitative estimate of drug-likeness (QED) is 0.390. The highest BCUT2D eigenvalue weighted by molar-refractivity contribution is 7.98. The minimum atomic E-state index is 0.225. The Morgan fingerprint density at radius 1 is 1.25 bits per heavy atom. The SMILES string of the molecule is CCc1cc(-c2nnc(SCc3ccc(Cl)c(Cl)c3)n2CC2CCCO2)cs1. The Morgan fingerprint density at radius 3 is 2.86 bits per heavy atom. The van der Waals surface area contributed by atoms with E-state index in [-0.39, 0.29) is 6.10 Å². The first-order chi connectivity index (χ1) is 13.6. The molecule has 4 nitrogen and oxygen atoms in total. The molecule has 1 aromatic carbocycles. The van der Waals surface area contributed by atoms with Crippen molar-refractivity contribution in [1.29, 1.82) is 0 Å². The van der Waals surface area contributed by atoms with Crippen LogP contribution in [0.3, 0.4) is 0 Å². The molecule has 1 aliphatic heterocycles. The molecule has 3 heterocycles. The number of halogens is 2. The van der Waals surface area contributed by atoms with Gasteiger partial charge in [0.2, 0.25) is 0 Å². The maximum atomic E-state index is 6.15. The average Bonchev–Trinajstić information content (AvgIpc) is 3.44. The maximum absolute atomic E-state index is 6.15. The van der Waals surface area contributed by atoms with E-state index >= 15 is 0 Å². The smallest absolute Gasteiger partial charge is 0.191 e. The van der Waals surface area contributed by atoms with Crippen LogP contribution in [0.4, 0.5) is 0 Å². The van der Waals surface area contributed by atoms with Crippen molar-refractivity contribution in [3.8, 4) is 11.4 Å². The molecule has 0 bridgehead atoms. The van der Waals surface area contributed by atoms with Gasteiger partial charge in [0.15, 0.2) is 11.0 Å². The van der Waals surface area contributed by atoms with Crippen LogP contribution in [0.15, 0.2) is 34.8 Å². The van der Waals surface area contributed by atoms with Crippen molar-refractivity contribution in [2.45, 2.75) is 49.7 Å². The lowest BCUT2D eigenvalue weighted by Gasteiger charge is -2.14. The van der Waals surface area contributed by atoms with Crippen molar-refractivity contribution in [3.63, 3.8) is 0 Å². The Balaban J connectivity index is 1.59. The summed E-state index contributed by atoms with van der Waals surface area (Å²) in [7, 11) is 0. The van der Waals surface area contributed by atoms with Crippen molar-refractivity contribution in [3.05, 3.63) is 50.1 Å². The van der Waals surface area contributed by atoms with Gasteiger partial charge in [-0.2, -0.15) is 0 Å². The number of rotatable bonds is 7. The number of ether oxygens (including phenoxy) is 1. The van der Waals surface area contributed by atoms with Crippen LogP contribution in [0.25, 0.3) is 11.4 Å². The second-order valence-electron chi connectivity index (χ2n) is 6.74. The van der Waals surface area contributed by atoms with E-state index in [0.717, 1.165) is 60.3 Å². The van der Waals surface area contributed by atoms with Crippen LogP contribution in [0.1, 0.15) is 30.2 Å². The predicted octanol–water partition coefficient (Wildman–Crippen LogP) is 6.35. The molecular weight excluding hydrogens is 433 g/mol. The Bertz CT molecular complexity index is 951. The predicted molar refractivity (Wildman–Crippen MR) is 118 cm³/mol. The van der Waals surface area contributed by atoms with E-state index in [2.05, 4.69) is 33.1 Å². The molecule has 1 aliphatic rings. The van der Waals surface area contributed by atoms with E-state index < -0.39 is 0 Å². The summed E-state index contributed by atoms with van der Waals surface area (Å²) in [5, 5.41) is 13.2. The summed E-state index contributed by atoms with van der Waals surface area (Å²) in [6.45, 7) is 3.79. The molecule has 0 N–H and O–H groups in total. The third kappa shape index (κ3) is 4.57. The van der Waals surface area contributed by atoms with E-state index in [0.29, 0.717) is 10.0 Å². The van der Waals surface area contributed by atoms with Crippen LogP contribution >= 0.6 is 46.3 Å². The van der Waals surface area contributed by atoms with Gasteiger partial charge in [0.05, 0.1) is 22.7 Å². The largest absolute Gasteiger partial charge is 0.376 e. The molecule has 2 aromatic heterocycles. The van der Waals surface area contributed by atoms with Gasteiger partial charge in [-0.25, -0.2) is 0 Å². The lowest BCUT2D eigenvalue weighted by Crippen LogP contribution is -2.16. The third-order valence-electron chi connectivity index (χ3n) is 4.74. The minimum Gasteiger partial charge on any atom is -0.376 e. The number of nitrogens with zero attached hydrogens (tertiary/aromatic N) is 3. The fourth-order valence-corrected chi connectivity index (χ4v) is 5.25. The monoisotopic (exact) mass is 453 g/mol. The van der Waals surface area contributed by atoms with Gasteiger partial charge in [0, 0.05) is 28.2 Å². The summed E-state index contributed by atoms with van der Waals surface area (Å²) in [5.41, 5.74) is 2.24. The first kappa shape index (κ1) is 20.2. The van der Waals surface area contributed by atoms with E-state index in [1.54, 1.807) is 23.1 Å². The first-order valence-corrected chi connectivity index (χ1v) is 12.0. The molecule has 0 spiro atoms. The second kappa shape index (κ2) is 9.18. The fraction of sp³-hybridized carbons (Fsp3) is 0.400. The number of aryl methyl sites for hydroxylation is 1. The fourth-order valence-electron chi connectivity index (χ4n) is 3.23. The molecule has 0 amide bonds. The van der Waals surface area contributed by atoms with Gasteiger partial charge in [-0.1, -0.05) is 48.0 Å². The molecule has 8 heteroatoms. The van der Waals surface area contributed by atoms with Crippen molar-refractivity contribution >= 4 is 46.3 Å². The zero-order valence-corrected chi connectivity index (χ0v) is 18.7. The summed E-state index contributed by atoms with van der Waals surface area (Å²) >= 11 is 15.6. The minimum absolute atomic E-state index is 0.225.